The highest BCUT2D eigenvalue weighted by atomic mass is 127. The third kappa shape index (κ3) is 7.80. The van der Waals surface area contributed by atoms with Crippen molar-refractivity contribution in [2.75, 3.05) is 7.05 Å². The number of aryl methyl sites for hydroxylation is 1. The highest BCUT2D eigenvalue weighted by Crippen LogP contribution is 2.19. The number of carbonyl (C=O) groups is 1. The minimum absolute atomic E-state index is 0. The van der Waals surface area contributed by atoms with E-state index >= 15 is 0 Å². The molecule has 160 valence electrons. The number of halogens is 1. The topological polar surface area (TPSA) is 105 Å². The molecule has 1 amide bonds. The standard InChI is InChI=1S/C18H33N7O2.HI/c1-12-23-24-15(25(12)6)11-20-16(19-5)21-13-7-9-14(10-8-13)22-17(26)27-18(2,3)4;/h13-14H,7-11H2,1-6H3,(H,22,26)(H2,19,20,21);1H. The molecule has 0 radical (unpaired) electrons. The van der Waals surface area contributed by atoms with E-state index in [2.05, 4.69) is 31.1 Å². The maximum atomic E-state index is 11.9. The van der Waals surface area contributed by atoms with Crippen LogP contribution in [0.1, 0.15) is 58.1 Å². The van der Waals surface area contributed by atoms with E-state index in [9.17, 15) is 4.79 Å². The molecule has 1 heterocycles. The molecule has 0 spiro atoms. The molecule has 0 aliphatic heterocycles. The number of carbonyl (C=O) groups excluding carboxylic acids is 1. The van der Waals surface area contributed by atoms with Crippen molar-refractivity contribution in [3.63, 3.8) is 0 Å². The summed E-state index contributed by atoms with van der Waals surface area (Å²) in [6.07, 6.45) is 3.41. The van der Waals surface area contributed by atoms with E-state index in [1.165, 1.54) is 0 Å². The van der Waals surface area contributed by atoms with Gasteiger partial charge in [-0.3, -0.25) is 4.99 Å². The molecule has 2 rings (SSSR count). The van der Waals surface area contributed by atoms with Crippen molar-refractivity contribution < 1.29 is 9.53 Å². The van der Waals surface area contributed by atoms with Gasteiger partial charge in [-0.05, 0) is 53.4 Å². The number of aliphatic imine (C=N–C) groups is 1. The summed E-state index contributed by atoms with van der Waals surface area (Å²) in [4.78, 5) is 16.2. The van der Waals surface area contributed by atoms with Crippen molar-refractivity contribution in [3.8, 4) is 0 Å². The van der Waals surface area contributed by atoms with E-state index in [-0.39, 0.29) is 36.1 Å². The molecule has 0 bridgehead atoms. The molecule has 0 aromatic carbocycles. The maximum absolute atomic E-state index is 11.9. The van der Waals surface area contributed by atoms with Crippen LogP contribution in [-0.4, -0.2) is 51.5 Å². The Labute approximate surface area is 184 Å². The SMILES string of the molecule is CN=C(NCc1nnc(C)n1C)NC1CCC(NC(=O)OC(C)(C)C)CC1.I. The lowest BCUT2D eigenvalue weighted by atomic mass is 9.91. The van der Waals surface area contributed by atoms with Crippen LogP contribution in [0, 0.1) is 6.92 Å². The fourth-order valence-corrected chi connectivity index (χ4v) is 3.01. The van der Waals surface area contributed by atoms with Crippen LogP contribution in [0.3, 0.4) is 0 Å². The Morgan fingerprint density at radius 2 is 1.75 bits per heavy atom. The van der Waals surface area contributed by atoms with Gasteiger partial charge >= 0.3 is 6.09 Å². The van der Waals surface area contributed by atoms with E-state index in [0.717, 1.165) is 43.3 Å². The average molecular weight is 507 g/mol. The van der Waals surface area contributed by atoms with Crippen LogP contribution in [0.5, 0.6) is 0 Å². The predicted octanol–water partition coefficient (Wildman–Crippen LogP) is 2.24. The van der Waals surface area contributed by atoms with Gasteiger partial charge in [0.1, 0.15) is 11.4 Å². The van der Waals surface area contributed by atoms with Crippen LogP contribution in [0.15, 0.2) is 4.99 Å². The molecule has 28 heavy (non-hydrogen) atoms. The minimum atomic E-state index is -0.470. The van der Waals surface area contributed by atoms with Crippen molar-refractivity contribution in [2.45, 2.75) is 77.6 Å². The van der Waals surface area contributed by atoms with E-state index in [4.69, 9.17) is 4.74 Å². The van der Waals surface area contributed by atoms with Crippen molar-refractivity contribution in [2.24, 2.45) is 12.0 Å². The number of guanidine groups is 1. The number of rotatable bonds is 4. The van der Waals surface area contributed by atoms with Gasteiger partial charge in [0.25, 0.3) is 0 Å². The number of hydrogen-bond donors (Lipinski definition) is 3. The summed E-state index contributed by atoms with van der Waals surface area (Å²) in [5.74, 6) is 2.49. The van der Waals surface area contributed by atoms with Gasteiger partial charge in [-0.1, -0.05) is 0 Å². The molecule has 10 heteroatoms. The number of ether oxygens (including phenoxy) is 1. The van der Waals surface area contributed by atoms with Gasteiger partial charge in [0.2, 0.25) is 0 Å². The zero-order valence-corrected chi connectivity index (χ0v) is 20.0. The number of amides is 1. The Bertz CT molecular complexity index is 661. The molecule has 1 aliphatic carbocycles. The summed E-state index contributed by atoms with van der Waals surface area (Å²) in [6, 6.07) is 0.489. The molecule has 1 fully saturated rings. The number of hydrogen-bond acceptors (Lipinski definition) is 5. The highest BCUT2D eigenvalue weighted by molar-refractivity contribution is 14.0. The Morgan fingerprint density at radius 3 is 2.21 bits per heavy atom. The van der Waals surface area contributed by atoms with Gasteiger partial charge in [0.05, 0.1) is 6.54 Å². The molecule has 3 N–H and O–H groups in total. The average Bonchev–Trinajstić information content (AvgIpc) is 2.90. The summed E-state index contributed by atoms with van der Waals surface area (Å²) in [5, 5.41) is 17.9. The molecule has 1 aromatic rings. The number of aromatic nitrogens is 3. The maximum Gasteiger partial charge on any atom is 0.407 e. The monoisotopic (exact) mass is 507 g/mol. The van der Waals surface area contributed by atoms with Gasteiger partial charge < -0.3 is 25.3 Å². The summed E-state index contributed by atoms with van der Waals surface area (Å²) in [7, 11) is 3.70. The second kappa shape index (κ2) is 10.8. The van der Waals surface area contributed by atoms with Gasteiger partial charge in [-0.15, -0.1) is 34.2 Å². The zero-order valence-electron chi connectivity index (χ0n) is 17.7. The normalized spacial score (nSPS) is 20.1. The smallest absolute Gasteiger partial charge is 0.407 e. The third-order valence-corrected chi connectivity index (χ3v) is 4.61. The van der Waals surface area contributed by atoms with E-state index < -0.39 is 5.60 Å². The number of nitrogens with one attached hydrogen (secondary N) is 3. The zero-order chi connectivity index (χ0) is 20.0. The molecule has 9 nitrogen and oxygen atoms in total. The van der Waals surface area contributed by atoms with Crippen LogP contribution in [0.25, 0.3) is 0 Å². The van der Waals surface area contributed by atoms with Gasteiger partial charge in [0.15, 0.2) is 11.8 Å². The molecule has 0 atom stereocenters. The Kier molecular flexibility index (Phi) is 9.45. The predicted molar refractivity (Wildman–Crippen MR) is 120 cm³/mol. The Hall–Kier alpha value is -1.59. The highest BCUT2D eigenvalue weighted by Gasteiger charge is 2.25. The summed E-state index contributed by atoms with van der Waals surface area (Å²) in [5.41, 5.74) is -0.470. The van der Waals surface area contributed by atoms with Gasteiger partial charge in [-0.2, -0.15) is 0 Å². The number of alkyl carbamates (subject to hydrolysis) is 1. The van der Waals surface area contributed by atoms with E-state index in [1.54, 1.807) is 7.05 Å². The van der Waals surface area contributed by atoms with E-state index in [1.807, 2.05) is 39.3 Å². The Balaban J connectivity index is 0.00000392. The van der Waals surface area contributed by atoms with Crippen LogP contribution in [0.2, 0.25) is 0 Å². The van der Waals surface area contributed by atoms with Crippen molar-refractivity contribution >= 4 is 36.0 Å². The lowest BCUT2D eigenvalue weighted by Gasteiger charge is -2.31. The summed E-state index contributed by atoms with van der Waals surface area (Å²) >= 11 is 0. The van der Waals surface area contributed by atoms with Gasteiger partial charge in [0, 0.05) is 26.2 Å². The first-order valence-electron chi connectivity index (χ1n) is 9.49. The fraction of sp³-hybridized carbons (Fsp3) is 0.778. The quantitative estimate of drug-likeness (QED) is 0.328. The fourth-order valence-electron chi connectivity index (χ4n) is 3.01. The van der Waals surface area contributed by atoms with E-state index in [0.29, 0.717) is 12.6 Å². The van der Waals surface area contributed by atoms with Crippen molar-refractivity contribution in [1.29, 1.82) is 0 Å². The molecular formula is C18H34IN7O2. The lowest BCUT2D eigenvalue weighted by molar-refractivity contribution is 0.0490. The first-order chi connectivity index (χ1) is 12.7. The van der Waals surface area contributed by atoms with Crippen LogP contribution >= 0.6 is 24.0 Å². The minimum Gasteiger partial charge on any atom is -0.444 e. The second-order valence-corrected chi connectivity index (χ2v) is 7.99. The molecule has 1 saturated carbocycles. The third-order valence-electron chi connectivity index (χ3n) is 4.61. The molecular weight excluding hydrogens is 473 g/mol. The van der Waals surface area contributed by atoms with Crippen LogP contribution in [0.4, 0.5) is 4.79 Å². The second-order valence-electron chi connectivity index (χ2n) is 7.99. The number of nitrogens with zero attached hydrogens (tertiary/aromatic N) is 4. The first kappa shape index (κ1) is 24.4. The van der Waals surface area contributed by atoms with Crippen molar-refractivity contribution in [1.82, 2.24) is 30.7 Å². The molecule has 1 aliphatic rings. The summed E-state index contributed by atoms with van der Waals surface area (Å²) < 4.78 is 7.28. The van der Waals surface area contributed by atoms with Crippen LogP contribution < -0.4 is 16.0 Å². The van der Waals surface area contributed by atoms with Crippen molar-refractivity contribution in [3.05, 3.63) is 11.6 Å². The molecule has 1 aromatic heterocycles. The summed E-state index contributed by atoms with van der Waals surface area (Å²) in [6.45, 7) is 8.09. The first-order valence-corrected chi connectivity index (χ1v) is 9.49. The van der Waals surface area contributed by atoms with Gasteiger partial charge in [-0.25, -0.2) is 4.79 Å². The molecule has 0 unspecified atom stereocenters. The largest absolute Gasteiger partial charge is 0.444 e. The lowest BCUT2D eigenvalue weighted by Crippen LogP contribution is -2.48. The molecule has 0 saturated heterocycles. The Morgan fingerprint density at radius 1 is 1.18 bits per heavy atom. The van der Waals surface area contributed by atoms with Crippen LogP contribution in [-0.2, 0) is 18.3 Å².